The van der Waals surface area contributed by atoms with Gasteiger partial charge in [0, 0.05) is 18.8 Å². The molecule has 0 aliphatic rings. The molecule has 0 N–H and O–H groups in total. The van der Waals surface area contributed by atoms with Gasteiger partial charge < -0.3 is 4.90 Å². The zero-order valence-corrected chi connectivity index (χ0v) is 10.2. The van der Waals surface area contributed by atoms with Crippen LogP contribution >= 0.6 is 0 Å². The molecule has 0 aliphatic heterocycles. The second kappa shape index (κ2) is 6.06. The molecule has 0 radical (unpaired) electrons. The number of nitrogens with zero attached hydrogens (tertiary/aromatic N) is 4. The van der Waals surface area contributed by atoms with Gasteiger partial charge in [-0.2, -0.15) is 5.26 Å². The molecular formula is C12H18N4. The van der Waals surface area contributed by atoms with Crippen LogP contribution in [0.1, 0.15) is 38.1 Å². The molecule has 0 fully saturated rings. The lowest BCUT2D eigenvalue weighted by Crippen LogP contribution is -2.26. The third-order valence-corrected chi connectivity index (χ3v) is 2.40. The summed E-state index contributed by atoms with van der Waals surface area (Å²) >= 11 is 0. The first-order chi connectivity index (χ1) is 7.71. The highest BCUT2D eigenvalue weighted by atomic mass is 15.2. The molecule has 16 heavy (non-hydrogen) atoms. The predicted molar refractivity (Wildman–Crippen MR) is 64.3 cm³/mol. The maximum atomic E-state index is 8.86. The van der Waals surface area contributed by atoms with Gasteiger partial charge in [-0.05, 0) is 26.3 Å². The summed E-state index contributed by atoms with van der Waals surface area (Å²) in [6, 6.07) is 3.77. The molecule has 0 unspecified atom stereocenters. The minimum atomic E-state index is 0.442. The first-order valence-electron chi connectivity index (χ1n) is 5.72. The summed E-state index contributed by atoms with van der Waals surface area (Å²) in [5.74, 6) is 0.674. The van der Waals surface area contributed by atoms with E-state index in [1.54, 1.807) is 6.07 Å². The molecule has 4 nitrogen and oxygen atoms in total. The van der Waals surface area contributed by atoms with E-state index in [0.717, 1.165) is 31.6 Å². The minimum absolute atomic E-state index is 0.442. The number of nitriles is 1. The summed E-state index contributed by atoms with van der Waals surface area (Å²) < 4.78 is 0. The van der Waals surface area contributed by atoms with Gasteiger partial charge in [0.05, 0.1) is 0 Å². The zero-order valence-electron chi connectivity index (χ0n) is 10.2. The molecule has 1 rings (SSSR count). The topological polar surface area (TPSA) is 52.8 Å². The molecule has 0 amide bonds. The van der Waals surface area contributed by atoms with E-state index < -0.39 is 0 Å². The van der Waals surface area contributed by atoms with E-state index in [4.69, 9.17) is 5.26 Å². The van der Waals surface area contributed by atoms with Crippen LogP contribution in [0.4, 0.5) is 5.95 Å². The third kappa shape index (κ3) is 3.20. The molecule has 0 spiro atoms. The molecule has 4 heteroatoms. The Morgan fingerprint density at radius 1 is 1.38 bits per heavy atom. The number of anilines is 1. The van der Waals surface area contributed by atoms with Crippen molar-refractivity contribution in [2.45, 2.75) is 33.6 Å². The van der Waals surface area contributed by atoms with Crippen molar-refractivity contribution in [2.24, 2.45) is 0 Å². The normalized spacial score (nSPS) is 9.88. The molecule has 0 aromatic carbocycles. The molecule has 0 saturated carbocycles. The van der Waals surface area contributed by atoms with Crippen molar-refractivity contribution in [1.29, 1.82) is 5.26 Å². The SMILES string of the molecule is CCCCN(CC)c1nc(C)cc(C#N)n1. The first-order valence-corrected chi connectivity index (χ1v) is 5.72. The van der Waals surface area contributed by atoms with Crippen molar-refractivity contribution < 1.29 is 0 Å². The molecule has 0 atom stereocenters. The van der Waals surface area contributed by atoms with E-state index in [1.807, 2.05) is 6.92 Å². The van der Waals surface area contributed by atoms with Gasteiger partial charge in [0.1, 0.15) is 11.8 Å². The van der Waals surface area contributed by atoms with E-state index in [9.17, 15) is 0 Å². The molecule has 1 heterocycles. The maximum absolute atomic E-state index is 8.86. The van der Waals surface area contributed by atoms with Crippen LogP contribution in [0.25, 0.3) is 0 Å². The molecule has 86 valence electrons. The summed E-state index contributed by atoms with van der Waals surface area (Å²) in [5.41, 5.74) is 1.29. The molecule has 1 aromatic rings. The molecule has 0 bridgehead atoms. The van der Waals surface area contributed by atoms with Crippen molar-refractivity contribution in [3.8, 4) is 6.07 Å². The van der Waals surface area contributed by atoms with Crippen molar-refractivity contribution >= 4 is 5.95 Å². The largest absolute Gasteiger partial charge is 0.341 e. The fourth-order valence-corrected chi connectivity index (χ4v) is 1.50. The Balaban J connectivity index is 2.91. The Hall–Kier alpha value is -1.63. The average Bonchev–Trinajstić information content (AvgIpc) is 2.29. The van der Waals surface area contributed by atoms with Crippen LogP contribution in [-0.4, -0.2) is 23.1 Å². The van der Waals surface area contributed by atoms with Crippen LogP contribution in [0.2, 0.25) is 0 Å². The lowest BCUT2D eigenvalue weighted by molar-refractivity contribution is 0.711. The Morgan fingerprint density at radius 2 is 2.12 bits per heavy atom. The Kier molecular flexibility index (Phi) is 4.71. The Morgan fingerprint density at radius 3 is 2.69 bits per heavy atom. The molecular weight excluding hydrogens is 200 g/mol. The van der Waals surface area contributed by atoms with Gasteiger partial charge in [0.2, 0.25) is 5.95 Å². The van der Waals surface area contributed by atoms with E-state index >= 15 is 0 Å². The van der Waals surface area contributed by atoms with Gasteiger partial charge in [0.15, 0.2) is 0 Å². The fourth-order valence-electron chi connectivity index (χ4n) is 1.50. The number of hydrogen-bond acceptors (Lipinski definition) is 4. The summed E-state index contributed by atoms with van der Waals surface area (Å²) in [6.45, 7) is 7.94. The average molecular weight is 218 g/mol. The number of aromatic nitrogens is 2. The Bertz CT molecular complexity index is 381. The highest BCUT2D eigenvalue weighted by Gasteiger charge is 2.08. The molecule has 1 aromatic heterocycles. The van der Waals surface area contributed by atoms with Crippen LogP contribution in [-0.2, 0) is 0 Å². The summed E-state index contributed by atoms with van der Waals surface area (Å²) in [6.07, 6.45) is 2.26. The zero-order chi connectivity index (χ0) is 12.0. The third-order valence-electron chi connectivity index (χ3n) is 2.40. The smallest absolute Gasteiger partial charge is 0.226 e. The Labute approximate surface area is 96.9 Å². The van der Waals surface area contributed by atoms with E-state index in [1.165, 1.54) is 0 Å². The van der Waals surface area contributed by atoms with Crippen LogP contribution < -0.4 is 4.90 Å². The van der Waals surface area contributed by atoms with Gasteiger partial charge in [-0.25, -0.2) is 9.97 Å². The fraction of sp³-hybridized carbons (Fsp3) is 0.583. The maximum Gasteiger partial charge on any atom is 0.226 e. The van der Waals surface area contributed by atoms with Crippen molar-refractivity contribution in [3.05, 3.63) is 17.5 Å². The second-order valence-corrected chi connectivity index (χ2v) is 3.74. The number of hydrogen-bond donors (Lipinski definition) is 0. The summed E-state index contributed by atoms with van der Waals surface area (Å²) in [4.78, 5) is 10.7. The van der Waals surface area contributed by atoms with Crippen LogP contribution in [0.5, 0.6) is 0 Å². The highest BCUT2D eigenvalue weighted by molar-refractivity contribution is 5.35. The quantitative estimate of drug-likeness (QED) is 0.760. The molecule has 0 aliphatic carbocycles. The lowest BCUT2D eigenvalue weighted by Gasteiger charge is -2.20. The van der Waals surface area contributed by atoms with Gasteiger partial charge in [-0.3, -0.25) is 0 Å². The number of unbranched alkanes of at least 4 members (excludes halogenated alkanes) is 1. The van der Waals surface area contributed by atoms with E-state index in [0.29, 0.717) is 11.6 Å². The van der Waals surface area contributed by atoms with Crippen LogP contribution in [0.15, 0.2) is 6.07 Å². The lowest BCUT2D eigenvalue weighted by atomic mass is 10.3. The van der Waals surface area contributed by atoms with E-state index in [-0.39, 0.29) is 0 Å². The standard InChI is InChI=1S/C12H18N4/c1-4-6-7-16(5-2)12-14-10(3)8-11(9-13)15-12/h8H,4-7H2,1-3H3. The van der Waals surface area contributed by atoms with Gasteiger partial charge in [0.25, 0.3) is 0 Å². The van der Waals surface area contributed by atoms with Crippen molar-refractivity contribution in [3.63, 3.8) is 0 Å². The summed E-state index contributed by atoms with van der Waals surface area (Å²) in [5, 5.41) is 8.86. The first kappa shape index (κ1) is 12.4. The van der Waals surface area contributed by atoms with E-state index in [2.05, 4.69) is 34.8 Å². The monoisotopic (exact) mass is 218 g/mol. The second-order valence-electron chi connectivity index (χ2n) is 3.74. The predicted octanol–water partition coefficient (Wildman–Crippen LogP) is 2.28. The highest BCUT2D eigenvalue weighted by Crippen LogP contribution is 2.10. The number of aryl methyl sites for hydroxylation is 1. The summed E-state index contributed by atoms with van der Waals surface area (Å²) in [7, 11) is 0. The van der Waals surface area contributed by atoms with Gasteiger partial charge in [-0.1, -0.05) is 13.3 Å². The molecule has 0 saturated heterocycles. The van der Waals surface area contributed by atoms with Crippen LogP contribution in [0, 0.1) is 18.3 Å². The van der Waals surface area contributed by atoms with Gasteiger partial charge in [-0.15, -0.1) is 0 Å². The van der Waals surface area contributed by atoms with Crippen molar-refractivity contribution in [1.82, 2.24) is 9.97 Å². The minimum Gasteiger partial charge on any atom is -0.341 e. The number of rotatable bonds is 5. The van der Waals surface area contributed by atoms with Crippen LogP contribution in [0.3, 0.4) is 0 Å². The van der Waals surface area contributed by atoms with Gasteiger partial charge >= 0.3 is 0 Å². The van der Waals surface area contributed by atoms with Crippen molar-refractivity contribution in [2.75, 3.05) is 18.0 Å².